The summed E-state index contributed by atoms with van der Waals surface area (Å²) in [7, 11) is 0. The van der Waals surface area contributed by atoms with Gasteiger partial charge in [-0.1, -0.05) is 18.2 Å². The molecule has 9 heteroatoms. The first-order valence-electron chi connectivity index (χ1n) is 10.3. The lowest BCUT2D eigenvalue weighted by molar-refractivity contribution is 0.0688. The number of carbonyl (C=O) groups excluding carboxylic acids is 1. The zero-order valence-electron chi connectivity index (χ0n) is 18.8. The molecule has 1 aromatic carbocycles. The number of hydrogen-bond acceptors (Lipinski definition) is 7. The van der Waals surface area contributed by atoms with Crippen molar-refractivity contribution in [2.24, 2.45) is 5.73 Å². The average Bonchev–Trinajstić information content (AvgIpc) is 3.21. The van der Waals surface area contributed by atoms with E-state index in [0.29, 0.717) is 28.7 Å². The second-order valence-electron chi connectivity index (χ2n) is 8.13. The molecule has 3 aromatic heterocycles. The maximum atomic E-state index is 12.6. The van der Waals surface area contributed by atoms with Crippen LogP contribution in [0.2, 0.25) is 0 Å². The van der Waals surface area contributed by atoms with Crippen molar-refractivity contribution in [1.29, 1.82) is 0 Å². The fourth-order valence-electron chi connectivity index (χ4n) is 3.35. The Kier molecular flexibility index (Phi) is 5.92. The number of amides is 2. The second-order valence-corrected chi connectivity index (χ2v) is 9.19. The number of urea groups is 1. The van der Waals surface area contributed by atoms with Gasteiger partial charge in [0.25, 0.3) is 0 Å². The first kappa shape index (κ1) is 22.5. The van der Waals surface area contributed by atoms with Crippen LogP contribution in [0.4, 0.5) is 16.3 Å². The lowest BCUT2D eigenvalue weighted by Crippen LogP contribution is -2.32. The molecule has 0 spiro atoms. The highest BCUT2D eigenvalue weighted by molar-refractivity contribution is 7.09. The van der Waals surface area contributed by atoms with Crippen LogP contribution in [0.25, 0.3) is 22.6 Å². The Morgan fingerprint density at radius 1 is 1.03 bits per heavy atom. The quantitative estimate of drug-likeness (QED) is 0.445. The van der Waals surface area contributed by atoms with Gasteiger partial charge < -0.3 is 10.8 Å². The summed E-state index contributed by atoms with van der Waals surface area (Å²) in [5.74, 6) is 0.701. The predicted molar refractivity (Wildman–Crippen MR) is 129 cm³/mol. The predicted octanol–water partition coefficient (Wildman–Crippen LogP) is 4.72. The highest BCUT2D eigenvalue weighted by Gasteiger charge is 2.22. The fourth-order valence-corrected chi connectivity index (χ4v) is 3.96. The Hall–Kier alpha value is -3.69. The van der Waals surface area contributed by atoms with Gasteiger partial charge >= 0.3 is 6.03 Å². The Morgan fingerprint density at radius 3 is 2.48 bits per heavy atom. The molecule has 0 atom stereocenters. The van der Waals surface area contributed by atoms with E-state index in [4.69, 9.17) is 5.73 Å². The number of nitrogens with zero attached hydrogens (tertiary/aromatic N) is 5. The summed E-state index contributed by atoms with van der Waals surface area (Å²) >= 11 is 1.53. The third-order valence-electron chi connectivity index (χ3n) is 5.01. The molecule has 0 aliphatic carbocycles. The Bertz CT molecular complexity index is 1330. The molecular formula is C24H24N6O2S. The highest BCUT2D eigenvalue weighted by Crippen LogP contribution is 2.33. The Labute approximate surface area is 195 Å². The van der Waals surface area contributed by atoms with Crippen molar-refractivity contribution in [2.75, 3.05) is 4.90 Å². The molecule has 3 heterocycles. The largest absolute Gasteiger partial charge is 0.382 e. The number of hydrogen-bond donors (Lipinski definition) is 2. The zero-order chi connectivity index (χ0) is 23.8. The summed E-state index contributed by atoms with van der Waals surface area (Å²) < 4.78 is 0. The van der Waals surface area contributed by atoms with Gasteiger partial charge in [0.1, 0.15) is 11.4 Å². The van der Waals surface area contributed by atoms with Crippen molar-refractivity contribution in [3.05, 3.63) is 70.4 Å². The lowest BCUT2D eigenvalue weighted by Gasteiger charge is -2.23. The lowest BCUT2D eigenvalue weighted by atomic mass is 10.0. The molecule has 0 aliphatic rings. The Morgan fingerprint density at radius 2 is 1.82 bits per heavy atom. The van der Waals surface area contributed by atoms with E-state index < -0.39 is 11.6 Å². The number of primary amides is 1. The standard InChI is InChI=1S/C24H24N6O2S/c1-14-8-9-16(17-10-11-26-22(29-17)24(3,4)32)12-20(14)30(23(25)31)21-7-5-6-18(28-21)19-13-33-15(2)27-19/h5-13,32H,1-4H3,(H2,25,31). The summed E-state index contributed by atoms with van der Waals surface area (Å²) in [6.07, 6.45) is 1.60. The van der Waals surface area contributed by atoms with E-state index in [1.54, 1.807) is 32.2 Å². The van der Waals surface area contributed by atoms with E-state index in [2.05, 4.69) is 19.9 Å². The molecular weight excluding hydrogens is 436 g/mol. The van der Waals surface area contributed by atoms with Crippen molar-refractivity contribution >= 4 is 28.9 Å². The number of aromatic nitrogens is 4. The Balaban J connectivity index is 1.79. The minimum atomic E-state index is -1.18. The second kappa shape index (κ2) is 8.68. The third kappa shape index (κ3) is 4.74. The number of carbonyl (C=O) groups is 1. The fraction of sp³-hybridized carbons (Fsp3) is 0.208. The van der Waals surface area contributed by atoms with Gasteiger partial charge in [-0.25, -0.2) is 29.6 Å². The zero-order valence-corrected chi connectivity index (χ0v) is 19.6. The third-order valence-corrected chi connectivity index (χ3v) is 5.79. The molecule has 0 radical (unpaired) electrons. The van der Waals surface area contributed by atoms with Crippen LogP contribution in [-0.2, 0) is 5.60 Å². The van der Waals surface area contributed by atoms with Crippen LogP contribution in [0, 0.1) is 13.8 Å². The van der Waals surface area contributed by atoms with Crippen LogP contribution in [0.3, 0.4) is 0 Å². The van der Waals surface area contributed by atoms with Crippen LogP contribution in [0.15, 0.2) is 54.0 Å². The monoisotopic (exact) mass is 460 g/mol. The van der Waals surface area contributed by atoms with Gasteiger partial charge in [-0.05, 0) is 57.5 Å². The summed E-state index contributed by atoms with van der Waals surface area (Å²) in [6, 6.07) is 12.1. The molecule has 33 heavy (non-hydrogen) atoms. The first-order valence-corrected chi connectivity index (χ1v) is 11.2. The number of aryl methyl sites for hydroxylation is 2. The molecule has 3 N–H and O–H groups in total. The molecule has 0 saturated heterocycles. The van der Waals surface area contributed by atoms with Crippen LogP contribution in [0.5, 0.6) is 0 Å². The van der Waals surface area contributed by atoms with Crippen LogP contribution >= 0.6 is 11.3 Å². The van der Waals surface area contributed by atoms with Gasteiger partial charge in [0, 0.05) is 17.1 Å². The molecule has 8 nitrogen and oxygen atoms in total. The topological polar surface area (TPSA) is 118 Å². The highest BCUT2D eigenvalue weighted by atomic mass is 32.1. The first-order chi connectivity index (χ1) is 15.6. The summed E-state index contributed by atoms with van der Waals surface area (Å²) in [5, 5.41) is 13.1. The summed E-state index contributed by atoms with van der Waals surface area (Å²) in [6.45, 7) is 7.08. The summed E-state index contributed by atoms with van der Waals surface area (Å²) in [4.78, 5) is 31.8. The van der Waals surface area contributed by atoms with Gasteiger partial charge in [-0.2, -0.15) is 0 Å². The molecule has 0 bridgehead atoms. The number of pyridine rings is 1. The maximum Gasteiger partial charge on any atom is 0.325 e. The summed E-state index contributed by atoms with van der Waals surface area (Å²) in [5.41, 5.74) is 8.82. The number of thiazole rings is 1. The van der Waals surface area contributed by atoms with Crippen molar-refractivity contribution in [3.63, 3.8) is 0 Å². The molecule has 2 amide bonds. The smallest absolute Gasteiger partial charge is 0.325 e. The number of nitrogens with two attached hydrogens (primary N) is 1. The van der Waals surface area contributed by atoms with Crippen molar-refractivity contribution < 1.29 is 9.90 Å². The van der Waals surface area contributed by atoms with Crippen molar-refractivity contribution in [1.82, 2.24) is 19.9 Å². The van der Waals surface area contributed by atoms with Crippen molar-refractivity contribution in [2.45, 2.75) is 33.3 Å². The van der Waals surface area contributed by atoms with Crippen LogP contribution < -0.4 is 10.6 Å². The minimum Gasteiger partial charge on any atom is -0.382 e. The van der Waals surface area contributed by atoms with Crippen molar-refractivity contribution in [3.8, 4) is 22.6 Å². The molecule has 0 fully saturated rings. The normalized spacial score (nSPS) is 11.4. The molecule has 0 unspecified atom stereocenters. The molecule has 168 valence electrons. The number of rotatable bonds is 5. The molecule has 0 aliphatic heterocycles. The maximum absolute atomic E-state index is 12.6. The van der Waals surface area contributed by atoms with Crippen LogP contribution in [0.1, 0.15) is 30.2 Å². The van der Waals surface area contributed by atoms with Gasteiger partial charge in [0.15, 0.2) is 5.82 Å². The molecule has 0 saturated carbocycles. The average molecular weight is 461 g/mol. The number of anilines is 2. The van der Waals surface area contributed by atoms with E-state index in [-0.39, 0.29) is 0 Å². The van der Waals surface area contributed by atoms with E-state index in [0.717, 1.165) is 21.8 Å². The van der Waals surface area contributed by atoms with Gasteiger partial charge in [-0.15, -0.1) is 11.3 Å². The molecule has 4 aromatic rings. The van der Waals surface area contributed by atoms with Gasteiger partial charge in [-0.3, -0.25) is 0 Å². The van der Waals surface area contributed by atoms with E-state index in [1.807, 2.05) is 49.6 Å². The minimum absolute atomic E-state index is 0.307. The van der Waals surface area contributed by atoms with Gasteiger partial charge in [0.2, 0.25) is 0 Å². The SMILES string of the molecule is Cc1nc(-c2cccc(N(C(N)=O)c3cc(-c4ccnc(C(C)(C)O)n4)ccc3C)n2)cs1. The van der Waals surface area contributed by atoms with Crippen LogP contribution in [-0.4, -0.2) is 31.1 Å². The van der Waals surface area contributed by atoms with E-state index in [1.165, 1.54) is 16.2 Å². The molecule has 4 rings (SSSR count). The number of aliphatic hydroxyl groups is 1. The van der Waals surface area contributed by atoms with Gasteiger partial charge in [0.05, 0.1) is 27.8 Å². The van der Waals surface area contributed by atoms with E-state index in [9.17, 15) is 9.90 Å². The van der Waals surface area contributed by atoms with E-state index >= 15 is 0 Å². The number of benzene rings is 1.